The third kappa shape index (κ3) is 2.01. The molecule has 5 heteroatoms. The number of nitrogens with one attached hydrogen (secondary N) is 2. The minimum absolute atomic E-state index is 0.0189. The molecule has 0 bridgehead atoms. The molecule has 0 saturated carbocycles. The molecule has 2 aliphatic rings. The summed E-state index contributed by atoms with van der Waals surface area (Å²) in [4.78, 5) is 16.9. The first-order valence-corrected chi connectivity index (χ1v) is 7.17. The van der Waals surface area contributed by atoms with Crippen LogP contribution in [-0.4, -0.2) is 31.1 Å². The van der Waals surface area contributed by atoms with Gasteiger partial charge in [-0.05, 0) is 29.8 Å². The lowest BCUT2D eigenvalue weighted by Crippen LogP contribution is -2.35. The highest BCUT2D eigenvalue weighted by atomic mass is 16.5. The van der Waals surface area contributed by atoms with E-state index in [9.17, 15) is 4.79 Å². The standard InChI is InChI=1S/C16H17N3O2/c1-19-14-7-10(2-3-15(14)21-9-16(19)20)13-6-11-8-17-5-4-12(11)18-13/h2-3,6-7,17-18H,4-5,8-9H2,1H3. The van der Waals surface area contributed by atoms with Gasteiger partial charge in [0.1, 0.15) is 5.75 Å². The van der Waals surface area contributed by atoms with E-state index in [0.717, 1.165) is 42.2 Å². The molecule has 1 aromatic heterocycles. The van der Waals surface area contributed by atoms with Crippen LogP contribution in [-0.2, 0) is 17.8 Å². The number of anilines is 1. The molecule has 1 aromatic carbocycles. The Morgan fingerprint density at radius 2 is 2.19 bits per heavy atom. The van der Waals surface area contributed by atoms with Crippen molar-refractivity contribution in [2.45, 2.75) is 13.0 Å². The fourth-order valence-electron chi connectivity index (χ4n) is 2.95. The topological polar surface area (TPSA) is 57.4 Å². The molecule has 108 valence electrons. The van der Waals surface area contributed by atoms with Gasteiger partial charge in [-0.2, -0.15) is 0 Å². The molecule has 21 heavy (non-hydrogen) atoms. The van der Waals surface area contributed by atoms with Gasteiger partial charge in [0.05, 0.1) is 5.69 Å². The van der Waals surface area contributed by atoms with E-state index >= 15 is 0 Å². The number of rotatable bonds is 1. The van der Waals surface area contributed by atoms with Crippen LogP contribution in [0.25, 0.3) is 11.3 Å². The zero-order valence-electron chi connectivity index (χ0n) is 11.9. The Bertz CT molecular complexity index is 697. The molecular formula is C16H17N3O2. The quantitative estimate of drug-likeness (QED) is 0.837. The minimum Gasteiger partial charge on any atom is -0.482 e. The number of likely N-dealkylation sites (N-methyl/N-ethyl adjacent to an activating group) is 1. The van der Waals surface area contributed by atoms with E-state index in [0.29, 0.717) is 0 Å². The van der Waals surface area contributed by atoms with Gasteiger partial charge in [0, 0.05) is 43.5 Å². The molecule has 2 aromatic rings. The van der Waals surface area contributed by atoms with E-state index in [4.69, 9.17) is 4.74 Å². The van der Waals surface area contributed by atoms with Crippen molar-refractivity contribution < 1.29 is 9.53 Å². The van der Waals surface area contributed by atoms with E-state index in [1.165, 1.54) is 11.3 Å². The summed E-state index contributed by atoms with van der Waals surface area (Å²) in [5.74, 6) is 0.744. The monoisotopic (exact) mass is 283 g/mol. The lowest BCUT2D eigenvalue weighted by atomic mass is 10.1. The summed E-state index contributed by atoms with van der Waals surface area (Å²) >= 11 is 0. The van der Waals surface area contributed by atoms with Crippen molar-refractivity contribution in [1.82, 2.24) is 10.3 Å². The number of carbonyl (C=O) groups excluding carboxylic acids is 1. The van der Waals surface area contributed by atoms with Crippen molar-refractivity contribution in [2.24, 2.45) is 0 Å². The summed E-state index contributed by atoms with van der Waals surface area (Å²) in [6.45, 7) is 2.05. The van der Waals surface area contributed by atoms with E-state index in [2.05, 4.69) is 16.4 Å². The van der Waals surface area contributed by atoms with Crippen molar-refractivity contribution in [2.75, 3.05) is 25.1 Å². The smallest absolute Gasteiger partial charge is 0.264 e. The normalized spacial score (nSPS) is 17.2. The number of nitrogens with zero attached hydrogens (tertiary/aromatic N) is 1. The van der Waals surface area contributed by atoms with Gasteiger partial charge in [-0.3, -0.25) is 4.79 Å². The summed E-state index contributed by atoms with van der Waals surface area (Å²) in [6.07, 6.45) is 1.03. The van der Waals surface area contributed by atoms with Crippen LogP contribution in [0.15, 0.2) is 24.3 Å². The minimum atomic E-state index is -0.0189. The summed E-state index contributed by atoms with van der Waals surface area (Å²) in [5.41, 5.74) is 5.64. The molecule has 0 fully saturated rings. The molecule has 0 aliphatic carbocycles. The molecule has 0 atom stereocenters. The molecule has 2 N–H and O–H groups in total. The highest BCUT2D eigenvalue weighted by Gasteiger charge is 2.23. The van der Waals surface area contributed by atoms with Crippen molar-refractivity contribution in [1.29, 1.82) is 0 Å². The van der Waals surface area contributed by atoms with Gasteiger partial charge in [0.25, 0.3) is 5.91 Å². The Labute approximate surface area is 122 Å². The van der Waals surface area contributed by atoms with Gasteiger partial charge in [0.15, 0.2) is 6.61 Å². The van der Waals surface area contributed by atoms with Crippen LogP contribution in [0.4, 0.5) is 5.69 Å². The van der Waals surface area contributed by atoms with Crippen LogP contribution in [0.5, 0.6) is 5.75 Å². The van der Waals surface area contributed by atoms with Gasteiger partial charge < -0.3 is 19.9 Å². The second-order valence-corrected chi connectivity index (χ2v) is 5.54. The fourth-order valence-corrected chi connectivity index (χ4v) is 2.95. The van der Waals surface area contributed by atoms with Crippen molar-refractivity contribution in [3.8, 4) is 17.0 Å². The highest BCUT2D eigenvalue weighted by molar-refractivity contribution is 5.98. The number of aromatic amines is 1. The van der Waals surface area contributed by atoms with E-state index in [-0.39, 0.29) is 12.5 Å². The Morgan fingerprint density at radius 1 is 1.29 bits per heavy atom. The zero-order chi connectivity index (χ0) is 14.4. The number of aromatic nitrogens is 1. The summed E-state index contributed by atoms with van der Waals surface area (Å²) < 4.78 is 5.47. The Kier molecular flexibility index (Phi) is 2.75. The number of carbonyl (C=O) groups is 1. The fraction of sp³-hybridized carbons (Fsp3) is 0.312. The van der Waals surface area contributed by atoms with E-state index in [1.54, 1.807) is 11.9 Å². The molecule has 2 aliphatic heterocycles. The van der Waals surface area contributed by atoms with Crippen molar-refractivity contribution >= 4 is 11.6 Å². The summed E-state index contributed by atoms with van der Waals surface area (Å²) in [6, 6.07) is 8.17. The summed E-state index contributed by atoms with van der Waals surface area (Å²) in [7, 11) is 1.79. The third-order valence-electron chi connectivity index (χ3n) is 4.22. The lowest BCUT2D eigenvalue weighted by Gasteiger charge is -2.26. The van der Waals surface area contributed by atoms with Crippen LogP contribution < -0.4 is 15.0 Å². The molecule has 0 unspecified atom stereocenters. The van der Waals surface area contributed by atoms with E-state index < -0.39 is 0 Å². The second-order valence-electron chi connectivity index (χ2n) is 5.54. The second kappa shape index (κ2) is 4.63. The average molecular weight is 283 g/mol. The first-order chi connectivity index (χ1) is 10.2. The van der Waals surface area contributed by atoms with Gasteiger partial charge >= 0.3 is 0 Å². The molecular weight excluding hydrogens is 266 g/mol. The Morgan fingerprint density at radius 3 is 3.05 bits per heavy atom. The zero-order valence-corrected chi connectivity index (χ0v) is 11.9. The predicted molar refractivity (Wildman–Crippen MR) is 80.5 cm³/mol. The number of amides is 1. The van der Waals surface area contributed by atoms with Crippen LogP contribution in [0.2, 0.25) is 0 Å². The highest BCUT2D eigenvalue weighted by Crippen LogP contribution is 2.35. The van der Waals surface area contributed by atoms with Crippen LogP contribution in [0, 0.1) is 0 Å². The maximum absolute atomic E-state index is 11.7. The van der Waals surface area contributed by atoms with Gasteiger partial charge in [-0.15, -0.1) is 0 Å². The molecule has 0 spiro atoms. The SMILES string of the molecule is CN1C(=O)COc2ccc(-c3cc4c([nH]3)CCNC4)cc21. The molecule has 5 nitrogen and oxygen atoms in total. The number of hydrogen-bond acceptors (Lipinski definition) is 3. The molecule has 4 rings (SSSR count). The summed E-state index contributed by atoms with van der Waals surface area (Å²) in [5, 5.41) is 3.38. The van der Waals surface area contributed by atoms with Crippen LogP contribution in [0.3, 0.4) is 0 Å². The number of benzene rings is 1. The first-order valence-electron chi connectivity index (χ1n) is 7.17. The van der Waals surface area contributed by atoms with Gasteiger partial charge in [-0.25, -0.2) is 0 Å². The molecule has 0 radical (unpaired) electrons. The number of hydrogen-bond donors (Lipinski definition) is 2. The number of fused-ring (bicyclic) bond motifs is 2. The lowest BCUT2D eigenvalue weighted by molar-refractivity contribution is -0.120. The van der Waals surface area contributed by atoms with Gasteiger partial charge in [0.2, 0.25) is 0 Å². The third-order valence-corrected chi connectivity index (χ3v) is 4.22. The number of H-pyrrole nitrogens is 1. The maximum Gasteiger partial charge on any atom is 0.264 e. The maximum atomic E-state index is 11.7. The Hall–Kier alpha value is -2.27. The Balaban J connectivity index is 1.76. The first kappa shape index (κ1) is 12.5. The molecule has 1 amide bonds. The van der Waals surface area contributed by atoms with Crippen molar-refractivity contribution in [3.63, 3.8) is 0 Å². The molecule has 3 heterocycles. The van der Waals surface area contributed by atoms with E-state index in [1.807, 2.05) is 18.2 Å². The predicted octanol–water partition coefficient (Wildman–Crippen LogP) is 1.68. The number of ether oxygens (including phenoxy) is 1. The average Bonchev–Trinajstić information content (AvgIpc) is 2.95. The van der Waals surface area contributed by atoms with Crippen molar-refractivity contribution in [3.05, 3.63) is 35.5 Å². The van der Waals surface area contributed by atoms with Crippen LogP contribution in [0.1, 0.15) is 11.3 Å². The van der Waals surface area contributed by atoms with Crippen LogP contribution >= 0.6 is 0 Å². The molecule has 0 saturated heterocycles. The largest absolute Gasteiger partial charge is 0.482 e. The van der Waals surface area contributed by atoms with Gasteiger partial charge in [-0.1, -0.05) is 0 Å².